The molecule has 0 radical (unpaired) electrons. The molecule has 16 heavy (non-hydrogen) atoms. The number of carboxylic acid groups (broad SMARTS) is 1. The van der Waals surface area contributed by atoms with Crippen molar-refractivity contribution in [3.8, 4) is 0 Å². The molecule has 2 amide bonds. The molecule has 1 aliphatic rings. The van der Waals surface area contributed by atoms with Gasteiger partial charge in [-0.15, -0.1) is 0 Å². The monoisotopic (exact) mass is 228 g/mol. The smallest absolute Gasteiger partial charge is 0.326 e. The third-order valence-corrected chi connectivity index (χ3v) is 2.55. The number of aliphatic carboxylic acids is 1. The van der Waals surface area contributed by atoms with Crippen molar-refractivity contribution in [1.29, 1.82) is 0 Å². The zero-order valence-electron chi connectivity index (χ0n) is 9.23. The molecule has 0 aromatic carbocycles. The predicted molar refractivity (Wildman–Crippen MR) is 55.7 cm³/mol. The molecule has 0 unspecified atom stereocenters. The van der Waals surface area contributed by atoms with Crippen LogP contribution in [0.1, 0.15) is 26.2 Å². The van der Waals surface area contributed by atoms with Crippen LogP contribution in [0.15, 0.2) is 0 Å². The number of rotatable bonds is 5. The number of hydrogen-bond acceptors (Lipinski definition) is 3. The van der Waals surface area contributed by atoms with Crippen LogP contribution in [-0.4, -0.2) is 46.9 Å². The highest BCUT2D eigenvalue weighted by Crippen LogP contribution is 2.08. The van der Waals surface area contributed by atoms with Gasteiger partial charge in [-0.05, 0) is 12.8 Å². The molecule has 6 heteroatoms. The number of carboxylic acids is 1. The van der Waals surface area contributed by atoms with E-state index in [1.807, 2.05) is 0 Å². The van der Waals surface area contributed by atoms with Gasteiger partial charge in [-0.3, -0.25) is 9.59 Å². The maximum atomic E-state index is 11.4. The molecular weight excluding hydrogens is 212 g/mol. The highest BCUT2D eigenvalue weighted by atomic mass is 16.4. The van der Waals surface area contributed by atoms with Gasteiger partial charge < -0.3 is 15.3 Å². The topological polar surface area (TPSA) is 86.7 Å². The molecule has 0 saturated carbocycles. The minimum atomic E-state index is -1.05. The second-order valence-corrected chi connectivity index (χ2v) is 3.79. The molecule has 0 aromatic heterocycles. The molecule has 2 N–H and O–H groups in total. The Kier molecular flexibility index (Phi) is 4.28. The first-order valence-electron chi connectivity index (χ1n) is 5.34. The van der Waals surface area contributed by atoms with Gasteiger partial charge in [-0.25, -0.2) is 4.79 Å². The van der Waals surface area contributed by atoms with Crippen molar-refractivity contribution in [2.24, 2.45) is 0 Å². The Balaban J connectivity index is 2.40. The summed E-state index contributed by atoms with van der Waals surface area (Å²) >= 11 is 0. The summed E-state index contributed by atoms with van der Waals surface area (Å²) in [6, 6.07) is -0.870. The molecule has 0 aromatic rings. The van der Waals surface area contributed by atoms with Crippen LogP contribution < -0.4 is 5.32 Å². The SMILES string of the molecule is CC[C@@H](NC(=O)CN1CCCC1=O)C(=O)O. The lowest BCUT2D eigenvalue weighted by Crippen LogP contribution is -2.45. The Labute approximate surface area is 93.6 Å². The van der Waals surface area contributed by atoms with E-state index in [0.717, 1.165) is 6.42 Å². The Hall–Kier alpha value is -1.59. The standard InChI is InChI=1S/C10H16N2O4/c1-2-7(10(15)16)11-8(13)6-12-5-3-4-9(12)14/h7H,2-6H2,1H3,(H,11,13)(H,15,16)/t7-/m1/s1. The Morgan fingerprint density at radius 1 is 1.56 bits per heavy atom. The van der Waals surface area contributed by atoms with Gasteiger partial charge in [-0.1, -0.05) is 6.92 Å². The molecule has 0 bridgehead atoms. The molecule has 1 atom stereocenters. The Bertz CT molecular complexity index is 297. The van der Waals surface area contributed by atoms with Gasteiger partial charge in [0.2, 0.25) is 11.8 Å². The summed E-state index contributed by atoms with van der Waals surface area (Å²) in [5.41, 5.74) is 0. The quantitative estimate of drug-likeness (QED) is 0.669. The number of nitrogens with one attached hydrogen (secondary N) is 1. The second kappa shape index (κ2) is 5.48. The van der Waals surface area contributed by atoms with Crippen LogP contribution >= 0.6 is 0 Å². The second-order valence-electron chi connectivity index (χ2n) is 3.79. The fourth-order valence-corrected chi connectivity index (χ4v) is 1.62. The van der Waals surface area contributed by atoms with E-state index in [1.54, 1.807) is 6.92 Å². The lowest BCUT2D eigenvalue weighted by molar-refractivity contribution is -0.142. The third-order valence-electron chi connectivity index (χ3n) is 2.55. The van der Waals surface area contributed by atoms with Gasteiger partial charge in [-0.2, -0.15) is 0 Å². The van der Waals surface area contributed by atoms with Crippen molar-refractivity contribution >= 4 is 17.8 Å². The van der Waals surface area contributed by atoms with E-state index >= 15 is 0 Å². The van der Waals surface area contributed by atoms with Crippen LogP contribution in [-0.2, 0) is 14.4 Å². The third kappa shape index (κ3) is 3.22. The molecule has 1 fully saturated rings. The van der Waals surface area contributed by atoms with Crippen molar-refractivity contribution < 1.29 is 19.5 Å². The minimum absolute atomic E-state index is 0.0391. The van der Waals surface area contributed by atoms with Crippen molar-refractivity contribution in [3.05, 3.63) is 0 Å². The first-order valence-corrected chi connectivity index (χ1v) is 5.34. The Morgan fingerprint density at radius 3 is 2.69 bits per heavy atom. The van der Waals surface area contributed by atoms with Crippen LogP contribution in [0, 0.1) is 0 Å². The van der Waals surface area contributed by atoms with E-state index in [2.05, 4.69) is 5.32 Å². The summed E-state index contributed by atoms with van der Waals surface area (Å²) in [4.78, 5) is 34.8. The van der Waals surface area contributed by atoms with Crippen LogP contribution in [0.4, 0.5) is 0 Å². The number of likely N-dealkylation sites (tertiary alicyclic amines) is 1. The summed E-state index contributed by atoms with van der Waals surface area (Å²) in [6.07, 6.45) is 1.57. The van der Waals surface area contributed by atoms with E-state index < -0.39 is 17.9 Å². The Morgan fingerprint density at radius 2 is 2.25 bits per heavy atom. The number of hydrogen-bond donors (Lipinski definition) is 2. The number of carbonyl (C=O) groups is 3. The van der Waals surface area contributed by atoms with Crippen LogP contribution in [0.25, 0.3) is 0 Å². The van der Waals surface area contributed by atoms with E-state index in [9.17, 15) is 14.4 Å². The summed E-state index contributed by atoms with van der Waals surface area (Å²) in [7, 11) is 0. The highest BCUT2D eigenvalue weighted by Gasteiger charge is 2.24. The van der Waals surface area contributed by atoms with Crippen LogP contribution in [0.2, 0.25) is 0 Å². The van der Waals surface area contributed by atoms with E-state index in [0.29, 0.717) is 19.4 Å². The van der Waals surface area contributed by atoms with Gasteiger partial charge in [0.25, 0.3) is 0 Å². The fraction of sp³-hybridized carbons (Fsp3) is 0.700. The van der Waals surface area contributed by atoms with Crippen LogP contribution in [0.3, 0.4) is 0 Å². The van der Waals surface area contributed by atoms with Gasteiger partial charge in [0.15, 0.2) is 0 Å². The summed E-state index contributed by atoms with van der Waals surface area (Å²) in [5, 5.41) is 11.1. The maximum absolute atomic E-state index is 11.4. The normalized spacial score (nSPS) is 17.3. The largest absolute Gasteiger partial charge is 0.480 e. The molecule has 1 aliphatic heterocycles. The molecule has 90 valence electrons. The van der Waals surface area contributed by atoms with Gasteiger partial charge in [0, 0.05) is 13.0 Å². The van der Waals surface area contributed by atoms with E-state index in [1.165, 1.54) is 4.90 Å². The zero-order chi connectivity index (χ0) is 12.1. The van der Waals surface area contributed by atoms with E-state index in [4.69, 9.17) is 5.11 Å². The summed E-state index contributed by atoms with van der Waals surface area (Å²) < 4.78 is 0. The maximum Gasteiger partial charge on any atom is 0.326 e. The number of nitrogens with zero attached hydrogens (tertiary/aromatic N) is 1. The van der Waals surface area contributed by atoms with Crippen molar-refractivity contribution in [2.75, 3.05) is 13.1 Å². The lowest BCUT2D eigenvalue weighted by atomic mass is 10.2. The molecule has 1 rings (SSSR count). The first-order chi connectivity index (χ1) is 7.54. The van der Waals surface area contributed by atoms with Gasteiger partial charge >= 0.3 is 5.97 Å². The minimum Gasteiger partial charge on any atom is -0.480 e. The van der Waals surface area contributed by atoms with Gasteiger partial charge in [0.05, 0.1) is 6.54 Å². The predicted octanol–water partition coefficient (Wildman–Crippen LogP) is -0.412. The highest BCUT2D eigenvalue weighted by molar-refractivity contribution is 5.88. The molecule has 0 aliphatic carbocycles. The molecule has 6 nitrogen and oxygen atoms in total. The average molecular weight is 228 g/mol. The average Bonchev–Trinajstić information content (AvgIpc) is 2.60. The van der Waals surface area contributed by atoms with Crippen molar-refractivity contribution in [1.82, 2.24) is 10.2 Å². The number of carbonyl (C=O) groups excluding carboxylic acids is 2. The molecule has 1 saturated heterocycles. The first kappa shape index (κ1) is 12.5. The zero-order valence-corrected chi connectivity index (χ0v) is 9.23. The molecule has 1 heterocycles. The van der Waals surface area contributed by atoms with Crippen molar-refractivity contribution in [2.45, 2.75) is 32.2 Å². The van der Waals surface area contributed by atoms with E-state index in [-0.39, 0.29) is 12.5 Å². The number of amides is 2. The summed E-state index contributed by atoms with van der Waals surface area (Å²) in [6.45, 7) is 2.22. The van der Waals surface area contributed by atoms with Gasteiger partial charge in [0.1, 0.15) is 6.04 Å². The van der Waals surface area contributed by atoms with Crippen LogP contribution in [0.5, 0.6) is 0 Å². The van der Waals surface area contributed by atoms with Crippen molar-refractivity contribution in [3.63, 3.8) is 0 Å². The summed E-state index contributed by atoms with van der Waals surface area (Å²) in [5.74, 6) is -1.51. The molecular formula is C10H16N2O4. The lowest BCUT2D eigenvalue weighted by Gasteiger charge is -2.17. The molecule has 0 spiro atoms. The fourth-order valence-electron chi connectivity index (χ4n) is 1.62.